The second-order valence-electron chi connectivity index (χ2n) is 4.98. The highest BCUT2D eigenvalue weighted by Crippen LogP contribution is 2.35. The molecular formula is C16H17NO6S. The number of aryl methyl sites for hydroxylation is 1. The van der Waals surface area contributed by atoms with Crippen LogP contribution in [0.5, 0.6) is 11.5 Å². The maximum atomic E-state index is 12.5. The Hall–Kier alpha value is -2.74. The topological polar surface area (TPSA) is 102 Å². The smallest absolute Gasteiger partial charge is 0.338 e. The number of rotatable bonds is 6. The molecule has 0 radical (unpaired) electrons. The molecule has 0 aromatic heterocycles. The number of benzene rings is 2. The molecule has 0 saturated carbocycles. The Bertz CT molecular complexity index is 859. The number of carbonyl (C=O) groups is 1. The highest BCUT2D eigenvalue weighted by molar-refractivity contribution is 7.92. The summed E-state index contributed by atoms with van der Waals surface area (Å²) in [5.41, 5.74) is 0.468. The molecule has 0 fully saturated rings. The van der Waals surface area contributed by atoms with E-state index in [2.05, 4.69) is 4.72 Å². The van der Waals surface area contributed by atoms with Gasteiger partial charge in [0.2, 0.25) is 0 Å². The maximum absolute atomic E-state index is 12.5. The van der Waals surface area contributed by atoms with Crippen LogP contribution in [0.4, 0.5) is 5.69 Å². The van der Waals surface area contributed by atoms with Crippen LogP contribution < -0.4 is 14.2 Å². The van der Waals surface area contributed by atoms with Crippen LogP contribution in [0.3, 0.4) is 0 Å². The molecule has 0 spiro atoms. The molecule has 0 aliphatic heterocycles. The van der Waals surface area contributed by atoms with Crippen molar-refractivity contribution in [1.82, 2.24) is 0 Å². The molecule has 0 aliphatic carbocycles. The Morgan fingerprint density at radius 1 is 1.08 bits per heavy atom. The van der Waals surface area contributed by atoms with Crippen molar-refractivity contribution >= 4 is 21.7 Å². The number of ether oxygens (including phenoxy) is 2. The fourth-order valence-electron chi connectivity index (χ4n) is 2.05. The molecule has 24 heavy (non-hydrogen) atoms. The SMILES string of the molecule is COc1cc(OC)c(NS(=O)(=O)c2ccc(C)cc2)c(C(=O)O)c1. The summed E-state index contributed by atoms with van der Waals surface area (Å²) in [5, 5.41) is 9.36. The fraction of sp³-hybridized carbons (Fsp3) is 0.188. The van der Waals surface area contributed by atoms with E-state index in [0.717, 1.165) is 5.56 Å². The van der Waals surface area contributed by atoms with Gasteiger partial charge in [0.15, 0.2) is 0 Å². The molecule has 0 aliphatic rings. The van der Waals surface area contributed by atoms with Gasteiger partial charge in [-0.1, -0.05) is 17.7 Å². The van der Waals surface area contributed by atoms with Crippen molar-refractivity contribution in [1.29, 1.82) is 0 Å². The lowest BCUT2D eigenvalue weighted by Gasteiger charge is -2.16. The molecule has 2 rings (SSSR count). The third-order valence-electron chi connectivity index (χ3n) is 3.33. The Kier molecular flexibility index (Phi) is 4.99. The van der Waals surface area contributed by atoms with Crippen LogP contribution >= 0.6 is 0 Å². The molecule has 7 nitrogen and oxygen atoms in total. The maximum Gasteiger partial charge on any atom is 0.338 e. The summed E-state index contributed by atoms with van der Waals surface area (Å²) < 4.78 is 37.4. The molecule has 2 aromatic carbocycles. The minimum Gasteiger partial charge on any atom is -0.497 e. The summed E-state index contributed by atoms with van der Waals surface area (Å²) in [6.45, 7) is 1.83. The van der Waals surface area contributed by atoms with Crippen LogP contribution in [0.1, 0.15) is 15.9 Å². The van der Waals surface area contributed by atoms with Crippen molar-refractivity contribution in [2.75, 3.05) is 18.9 Å². The van der Waals surface area contributed by atoms with E-state index in [1.807, 2.05) is 6.92 Å². The molecule has 128 valence electrons. The standard InChI is InChI=1S/C16H17NO6S/c1-10-4-6-12(7-5-10)24(20,21)17-15-13(16(18)19)8-11(22-2)9-14(15)23-3/h4-9,17H,1-3H3,(H,18,19). The number of nitrogens with one attached hydrogen (secondary N) is 1. The van der Waals surface area contributed by atoms with Crippen molar-refractivity contribution in [2.45, 2.75) is 11.8 Å². The Balaban J connectivity index is 2.55. The molecule has 0 unspecified atom stereocenters. The van der Waals surface area contributed by atoms with Gasteiger partial charge in [0.1, 0.15) is 17.2 Å². The summed E-state index contributed by atoms with van der Waals surface area (Å²) in [6, 6.07) is 8.80. The number of methoxy groups -OCH3 is 2. The van der Waals surface area contributed by atoms with Crippen molar-refractivity contribution in [3.63, 3.8) is 0 Å². The highest BCUT2D eigenvalue weighted by atomic mass is 32.2. The van der Waals surface area contributed by atoms with Crippen LogP contribution in [0.15, 0.2) is 41.3 Å². The largest absolute Gasteiger partial charge is 0.497 e. The van der Waals surface area contributed by atoms with E-state index >= 15 is 0 Å². The first kappa shape index (κ1) is 17.6. The lowest BCUT2D eigenvalue weighted by molar-refractivity contribution is 0.0697. The number of carboxylic acids is 1. The van der Waals surface area contributed by atoms with Crippen molar-refractivity contribution < 1.29 is 27.8 Å². The van der Waals surface area contributed by atoms with Gasteiger partial charge < -0.3 is 14.6 Å². The third-order valence-corrected chi connectivity index (χ3v) is 4.70. The summed E-state index contributed by atoms with van der Waals surface area (Å²) >= 11 is 0. The van der Waals surface area contributed by atoms with E-state index < -0.39 is 16.0 Å². The van der Waals surface area contributed by atoms with Crippen LogP contribution in [0.2, 0.25) is 0 Å². The number of sulfonamides is 1. The van der Waals surface area contributed by atoms with Gasteiger partial charge in [-0.25, -0.2) is 13.2 Å². The van der Waals surface area contributed by atoms with Crippen molar-refractivity contribution in [3.05, 3.63) is 47.5 Å². The highest BCUT2D eigenvalue weighted by Gasteiger charge is 2.23. The molecule has 2 N–H and O–H groups in total. The van der Waals surface area contributed by atoms with Gasteiger partial charge in [0, 0.05) is 6.07 Å². The van der Waals surface area contributed by atoms with E-state index in [9.17, 15) is 18.3 Å². The van der Waals surface area contributed by atoms with Crippen molar-refractivity contribution in [3.8, 4) is 11.5 Å². The second kappa shape index (κ2) is 6.79. The molecule has 2 aromatic rings. The summed E-state index contributed by atoms with van der Waals surface area (Å²) in [6.07, 6.45) is 0. The predicted molar refractivity (Wildman–Crippen MR) is 88.5 cm³/mol. The number of hydrogen-bond acceptors (Lipinski definition) is 5. The second-order valence-corrected chi connectivity index (χ2v) is 6.66. The van der Waals surface area contributed by atoms with Crippen LogP contribution in [-0.2, 0) is 10.0 Å². The quantitative estimate of drug-likeness (QED) is 0.829. The average molecular weight is 351 g/mol. The number of anilines is 1. The van der Waals surface area contributed by atoms with Gasteiger partial charge >= 0.3 is 5.97 Å². The zero-order chi connectivity index (χ0) is 17.9. The van der Waals surface area contributed by atoms with E-state index in [1.54, 1.807) is 12.1 Å². The molecular weight excluding hydrogens is 334 g/mol. The first-order valence-corrected chi connectivity index (χ1v) is 8.35. The van der Waals surface area contributed by atoms with Crippen LogP contribution in [0.25, 0.3) is 0 Å². The minimum absolute atomic E-state index is 0.0160. The van der Waals surface area contributed by atoms with E-state index in [1.165, 1.54) is 38.5 Å². The zero-order valence-corrected chi connectivity index (χ0v) is 14.2. The van der Waals surface area contributed by atoms with Gasteiger partial charge in [0.05, 0.1) is 24.7 Å². The normalized spacial score (nSPS) is 11.0. The number of aromatic carboxylic acids is 1. The molecule has 0 saturated heterocycles. The molecule has 0 heterocycles. The molecule has 0 amide bonds. The lowest BCUT2D eigenvalue weighted by atomic mass is 10.1. The summed E-state index contributed by atoms with van der Waals surface area (Å²) in [4.78, 5) is 11.5. The van der Waals surface area contributed by atoms with E-state index in [0.29, 0.717) is 0 Å². The Labute approximate surface area is 139 Å². The third kappa shape index (κ3) is 3.60. The monoisotopic (exact) mass is 351 g/mol. The lowest BCUT2D eigenvalue weighted by Crippen LogP contribution is -2.16. The Morgan fingerprint density at radius 2 is 1.71 bits per heavy atom. The van der Waals surface area contributed by atoms with E-state index in [4.69, 9.17) is 9.47 Å². The Morgan fingerprint density at radius 3 is 2.21 bits per heavy atom. The number of hydrogen-bond donors (Lipinski definition) is 2. The summed E-state index contributed by atoms with van der Waals surface area (Å²) in [7, 11) is -1.29. The predicted octanol–water partition coefficient (Wildman–Crippen LogP) is 2.51. The minimum atomic E-state index is -3.97. The van der Waals surface area contributed by atoms with Gasteiger partial charge in [-0.2, -0.15) is 0 Å². The number of carboxylic acid groups (broad SMARTS) is 1. The first-order valence-electron chi connectivity index (χ1n) is 6.87. The van der Waals surface area contributed by atoms with Gasteiger partial charge in [-0.3, -0.25) is 4.72 Å². The molecule has 0 bridgehead atoms. The van der Waals surface area contributed by atoms with Crippen LogP contribution in [0, 0.1) is 6.92 Å². The van der Waals surface area contributed by atoms with E-state index in [-0.39, 0.29) is 27.6 Å². The van der Waals surface area contributed by atoms with Gasteiger partial charge in [0.25, 0.3) is 10.0 Å². The molecule has 8 heteroatoms. The van der Waals surface area contributed by atoms with Crippen LogP contribution in [-0.4, -0.2) is 33.7 Å². The van der Waals surface area contributed by atoms with Crippen molar-refractivity contribution in [2.24, 2.45) is 0 Å². The van der Waals surface area contributed by atoms with Gasteiger partial charge in [-0.05, 0) is 25.1 Å². The molecule has 0 atom stereocenters. The fourth-order valence-corrected chi connectivity index (χ4v) is 3.15. The first-order chi connectivity index (χ1) is 11.3. The summed E-state index contributed by atoms with van der Waals surface area (Å²) in [5.74, 6) is -1.03. The van der Waals surface area contributed by atoms with Gasteiger partial charge in [-0.15, -0.1) is 0 Å². The average Bonchev–Trinajstić information content (AvgIpc) is 2.54. The zero-order valence-electron chi connectivity index (χ0n) is 13.4.